The number of hydrogen-bond donors (Lipinski definition) is 8. The summed E-state index contributed by atoms with van der Waals surface area (Å²) in [5, 5.41) is 15.1. The van der Waals surface area contributed by atoms with Gasteiger partial charge in [-0.15, -0.1) is 0 Å². The lowest BCUT2D eigenvalue weighted by molar-refractivity contribution is -0.120. The van der Waals surface area contributed by atoms with Crippen molar-refractivity contribution in [1.82, 2.24) is 20.2 Å². The van der Waals surface area contributed by atoms with E-state index in [0.717, 1.165) is 10.8 Å². The summed E-state index contributed by atoms with van der Waals surface area (Å²) in [6, 6.07) is 0. The van der Waals surface area contributed by atoms with E-state index >= 15 is 0 Å². The summed E-state index contributed by atoms with van der Waals surface area (Å²) in [6.45, 7) is 3.86. The van der Waals surface area contributed by atoms with Crippen molar-refractivity contribution in [3.8, 4) is 11.8 Å². The van der Waals surface area contributed by atoms with Crippen molar-refractivity contribution in [3.05, 3.63) is 32.6 Å². The normalized spacial score (nSPS) is 21.3. The molecule has 1 saturated heterocycles. The second-order valence-electron chi connectivity index (χ2n) is 9.79. The van der Waals surface area contributed by atoms with Gasteiger partial charge in [-0.3, -0.25) is 23.7 Å². The molecule has 1 aromatic heterocycles. The van der Waals surface area contributed by atoms with Crippen LogP contribution in [0.25, 0.3) is 0 Å². The Hall–Kier alpha value is -2.69. The number of aromatic amines is 1. The number of aliphatic hydroxyl groups excluding tert-OH is 1. The number of hydrogen-bond acceptors (Lipinski definition) is 13. The molecule has 2 heterocycles. The summed E-state index contributed by atoms with van der Waals surface area (Å²) in [4.78, 5) is 85.9. The Morgan fingerprint density at radius 3 is 2.39 bits per heavy atom. The van der Waals surface area contributed by atoms with Gasteiger partial charge in [0.15, 0.2) is 0 Å². The van der Waals surface area contributed by atoms with Crippen molar-refractivity contribution in [1.29, 1.82) is 0 Å². The average molecular weight is 692 g/mol. The molecule has 1 aromatic rings. The number of carbonyl (C=O) groups excluding carboxylic acids is 2. The zero-order valence-electron chi connectivity index (χ0n) is 23.3. The van der Waals surface area contributed by atoms with Crippen LogP contribution in [0.4, 0.5) is 4.79 Å². The molecule has 0 aliphatic carbocycles. The number of ether oxygens (including phenoxy) is 2. The fraction of sp³-hybridized carbons (Fsp3) is 0.600. The third-order valence-electron chi connectivity index (χ3n) is 4.92. The highest BCUT2D eigenvalue weighted by Gasteiger charge is 2.43. The van der Waals surface area contributed by atoms with E-state index in [1.807, 2.05) is 4.98 Å². The first-order chi connectivity index (χ1) is 20.1. The Balaban J connectivity index is 1.96. The molecular weight excluding hydrogens is 661 g/mol. The minimum atomic E-state index is -5.76. The number of aliphatic hydroxyl groups is 1. The number of nitrogens with one attached hydrogen (secondary N) is 3. The van der Waals surface area contributed by atoms with Crippen LogP contribution in [0.1, 0.15) is 45.4 Å². The van der Waals surface area contributed by atoms with Gasteiger partial charge in [-0.25, -0.2) is 23.3 Å². The van der Waals surface area contributed by atoms with E-state index in [-0.39, 0.29) is 31.5 Å². The molecule has 8 N–H and O–H groups in total. The zero-order chi connectivity index (χ0) is 33.5. The van der Waals surface area contributed by atoms with Crippen LogP contribution in [0.3, 0.4) is 0 Å². The SMILES string of the molecule is CC(C)(C)OC(=O)NCCC(=O)NCC#Cc1cn(C2CC(O)C(COP(=O)(O)OP(=O)(O)OP(=O)(O)O)O2)c(=O)[nH]c1=O. The summed E-state index contributed by atoms with van der Waals surface area (Å²) in [6.07, 6.45) is -4.22. The number of phosphoric acid groups is 3. The highest BCUT2D eigenvalue weighted by Crippen LogP contribution is 2.66. The molecule has 1 aliphatic heterocycles. The highest BCUT2D eigenvalue weighted by molar-refractivity contribution is 7.66. The lowest BCUT2D eigenvalue weighted by Gasteiger charge is -2.19. The van der Waals surface area contributed by atoms with Gasteiger partial charge in [-0.1, -0.05) is 11.8 Å². The predicted octanol–water partition coefficient (Wildman–Crippen LogP) is -1.09. The Morgan fingerprint density at radius 1 is 1.11 bits per heavy atom. The van der Waals surface area contributed by atoms with Crippen molar-refractivity contribution in [2.45, 2.75) is 57.6 Å². The fourth-order valence-electron chi connectivity index (χ4n) is 3.26. The third kappa shape index (κ3) is 13.5. The van der Waals surface area contributed by atoms with Gasteiger partial charge < -0.3 is 44.8 Å². The summed E-state index contributed by atoms with van der Waals surface area (Å²) < 4.78 is 57.0. The van der Waals surface area contributed by atoms with Crippen LogP contribution in [0.15, 0.2) is 15.8 Å². The van der Waals surface area contributed by atoms with Crippen molar-refractivity contribution in [2.24, 2.45) is 0 Å². The van der Waals surface area contributed by atoms with Gasteiger partial charge in [0.1, 0.15) is 23.5 Å². The summed E-state index contributed by atoms with van der Waals surface area (Å²) in [5.41, 5.74) is -2.79. The maximum atomic E-state index is 12.4. The van der Waals surface area contributed by atoms with Gasteiger partial charge in [0.05, 0.1) is 19.3 Å². The molecule has 44 heavy (non-hydrogen) atoms. The van der Waals surface area contributed by atoms with Crippen LogP contribution >= 0.6 is 23.5 Å². The smallest absolute Gasteiger partial charge is 0.444 e. The minimum absolute atomic E-state index is 0.00573. The molecule has 5 unspecified atom stereocenters. The minimum Gasteiger partial charge on any atom is -0.444 e. The first kappa shape index (κ1) is 37.5. The van der Waals surface area contributed by atoms with Crippen LogP contribution in [0.2, 0.25) is 0 Å². The Morgan fingerprint density at radius 2 is 1.77 bits per heavy atom. The monoisotopic (exact) mass is 692 g/mol. The first-order valence-electron chi connectivity index (χ1n) is 12.3. The molecule has 2 amide bonds. The number of H-pyrrole nitrogens is 1. The maximum Gasteiger partial charge on any atom is 0.490 e. The second kappa shape index (κ2) is 15.1. The molecule has 1 aliphatic rings. The quantitative estimate of drug-likeness (QED) is 0.0953. The van der Waals surface area contributed by atoms with E-state index in [0.29, 0.717) is 0 Å². The van der Waals surface area contributed by atoms with E-state index in [9.17, 15) is 47.8 Å². The predicted molar refractivity (Wildman–Crippen MR) is 144 cm³/mol. The van der Waals surface area contributed by atoms with E-state index in [1.165, 1.54) is 0 Å². The van der Waals surface area contributed by atoms with Crippen molar-refractivity contribution in [2.75, 3.05) is 19.7 Å². The van der Waals surface area contributed by atoms with Crippen LogP contribution in [-0.2, 0) is 41.1 Å². The third-order valence-corrected chi connectivity index (χ3v) is 8.72. The molecule has 2 rings (SSSR count). The highest BCUT2D eigenvalue weighted by atomic mass is 31.3. The van der Waals surface area contributed by atoms with E-state index in [4.69, 9.17) is 19.3 Å². The number of aromatic nitrogens is 2. The second-order valence-corrected chi connectivity index (χ2v) is 14.2. The molecule has 0 spiro atoms. The lowest BCUT2D eigenvalue weighted by atomic mass is 10.2. The molecule has 0 bridgehead atoms. The fourth-order valence-corrected chi connectivity index (χ4v) is 6.29. The van der Waals surface area contributed by atoms with E-state index < -0.39 is 77.4 Å². The molecule has 21 nitrogen and oxygen atoms in total. The van der Waals surface area contributed by atoms with Crippen molar-refractivity contribution < 1.29 is 70.6 Å². The molecule has 5 atom stereocenters. The Bertz CT molecular complexity index is 1530. The molecular formula is C20H31N4O17P3. The van der Waals surface area contributed by atoms with Gasteiger partial charge in [-0.2, -0.15) is 8.62 Å². The van der Waals surface area contributed by atoms with Gasteiger partial charge in [0.25, 0.3) is 5.56 Å². The maximum absolute atomic E-state index is 12.4. The molecule has 0 aromatic carbocycles. The number of rotatable bonds is 12. The Kier molecular flexibility index (Phi) is 12.8. The Labute approximate surface area is 248 Å². The number of carbonyl (C=O) groups is 2. The van der Waals surface area contributed by atoms with E-state index in [1.54, 1.807) is 20.8 Å². The topological polar surface area (TPSA) is 312 Å². The van der Waals surface area contributed by atoms with Gasteiger partial charge in [0.2, 0.25) is 5.91 Å². The molecule has 24 heteroatoms. The lowest BCUT2D eigenvalue weighted by Crippen LogP contribution is -2.35. The number of amides is 2. The average Bonchev–Trinajstić information content (AvgIpc) is 3.18. The van der Waals surface area contributed by atoms with Crippen LogP contribution in [0, 0.1) is 11.8 Å². The molecule has 1 fully saturated rings. The standard InChI is InChI=1S/C20H31N4O17P3/c1-20(2,3)39-19(29)22-8-6-15(26)21-7-4-5-12-10-24(18(28)23-17(12)27)16-9-13(25)14(38-16)11-37-43(33,34)41-44(35,36)40-42(30,31)32/h10,13-14,16,25H,6-9,11H2,1-3H3,(H,21,26)(H,22,29)(H,33,34)(H,35,36)(H,23,27,28)(H2,30,31,32). The molecule has 0 radical (unpaired) electrons. The summed E-state index contributed by atoms with van der Waals surface area (Å²) in [5.74, 6) is 4.51. The van der Waals surface area contributed by atoms with Gasteiger partial charge >= 0.3 is 35.3 Å². The summed E-state index contributed by atoms with van der Waals surface area (Å²) in [7, 11) is -16.9. The van der Waals surface area contributed by atoms with E-state index in [2.05, 4.69) is 35.6 Å². The van der Waals surface area contributed by atoms with Crippen LogP contribution < -0.4 is 21.9 Å². The first-order valence-corrected chi connectivity index (χ1v) is 16.8. The molecule has 0 saturated carbocycles. The van der Waals surface area contributed by atoms with Crippen molar-refractivity contribution in [3.63, 3.8) is 0 Å². The van der Waals surface area contributed by atoms with Crippen LogP contribution in [0.5, 0.6) is 0 Å². The number of phosphoric ester groups is 1. The largest absolute Gasteiger partial charge is 0.490 e. The zero-order valence-corrected chi connectivity index (χ0v) is 26.0. The summed E-state index contributed by atoms with van der Waals surface area (Å²) >= 11 is 0. The molecule has 248 valence electrons. The van der Waals surface area contributed by atoms with Crippen LogP contribution in [-0.4, -0.2) is 83.7 Å². The van der Waals surface area contributed by atoms with Gasteiger partial charge in [-0.05, 0) is 20.8 Å². The number of alkyl carbamates (subject to hydrolysis) is 1. The van der Waals surface area contributed by atoms with Gasteiger partial charge in [0, 0.05) is 25.6 Å². The number of nitrogens with zero attached hydrogens (tertiary/aromatic N) is 1. The van der Waals surface area contributed by atoms with Crippen molar-refractivity contribution >= 4 is 35.5 Å².